The molecule has 2 aromatic heterocycles. The van der Waals surface area contributed by atoms with E-state index < -0.39 is 5.97 Å². The van der Waals surface area contributed by atoms with Gasteiger partial charge in [0.1, 0.15) is 15.5 Å². The van der Waals surface area contributed by atoms with Gasteiger partial charge in [0.15, 0.2) is 0 Å². The molecule has 6 heteroatoms. The molecule has 0 saturated carbocycles. The van der Waals surface area contributed by atoms with Crippen molar-refractivity contribution in [3.05, 3.63) is 26.6 Å². The number of hydrogen-bond acceptors (Lipinski definition) is 5. The summed E-state index contributed by atoms with van der Waals surface area (Å²) in [6.45, 7) is 10.1. The monoisotopic (exact) mass is 346 g/mol. The molecule has 0 amide bonds. The van der Waals surface area contributed by atoms with Crippen LogP contribution in [0.2, 0.25) is 0 Å². The predicted octanol–water partition coefficient (Wildman–Crippen LogP) is 3.34. The second-order valence-corrected chi connectivity index (χ2v) is 7.45. The fourth-order valence-electron chi connectivity index (χ4n) is 2.42. The molecular weight excluding hydrogens is 324 g/mol. The van der Waals surface area contributed by atoms with Gasteiger partial charge in [-0.25, -0.2) is 9.78 Å². The van der Waals surface area contributed by atoms with Crippen molar-refractivity contribution in [3.63, 3.8) is 0 Å². The molecule has 0 spiro atoms. The van der Waals surface area contributed by atoms with Crippen LogP contribution in [0.25, 0.3) is 10.2 Å². The summed E-state index contributed by atoms with van der Waals surface area (Å²) in [4.78, 5) is 30.7. The highest BCUT2D eigenvalue weighted by atomic mass is 32.1. The number of nitrogens with zero attached hydrogens (tertiary/aromatic N) is 2. The van der Waals surface area contributed by atoms with Crippen LogP contribution in [-0.2, 0) is 11.3 Å². The van der Waals surface area contributed by atoms with Gasteiger partial charge in [-0.3, -0.25) is 9.36 Å². The SMILES string of the molecule is C#CCn1c(C(C)C)nc2sc(C(=O)OCC(C)C)c(C)c2c1=O. The fourth-order valence-corrected chi connectivity index (χ4v) is 3.49. The largest absolute Gasteiger partial charge is 0.461 e. The van der Waals surface area contributed by atoms with Crippen LogP contribution < -0.4 is 5.56 Å². The number of terminal acetylenes is 1. The smallest absolute Gasteiger partial charge is 0.348 e. The van der Waals surface area contributed by atoms with E-state index in [1.807, 2.05) is 27.7 Å². The molecule has 0 aliphatic heterocycles. The number of hydrogen-bond donors (Lipinski definition) is 0. The molecule has 0 unspecified atom stereocenters. The van der Waals surface area contributed by atoms with Crippen molar-refractivity contribution in [1.29, 1.82) is 0 Å². The van der Waals surface area contributed by atoms with Crippen LogP contribution in [0, 0.1) is 25.2 Å². The summed E-state index contributed by atoms with van der Waals surface area (Å²) in [5.41, 5.74) is 0.417. The van der Waals surface area contributed by atoms with Gasteiger partial charge < -0.3 is 4.74 Å². The predicted molar refractivity (Wildman–Crippen MR) is 96.7 cm³/mol. The molecule has 0 aromatic carbocycles. The molecule has 0 N–H and O–H groups in total. The van der Waals surface area contributed by atoms with Crippen LogP contribution in [0.5, 0.6) is 0 Å². The van der Waals surface area contributed by atoms with Crippen LogP contribution in [0.1, 0.15) is 54.7 Å². The van der Waals surface area contributed by atoms with Gasteiger partial charge in [0.05, 0.1) is 18.5 Å². The summed E-state index contributed by atoms with van der Waals surface area (Å²) in [7, 11) is 0. The van der Waals surface area contributed by atoms with E-state index in [0.717, 1.165) is 0 Å². The summed E-state index contributed by atoms with van der Waals surface area (Å²) >= 11 is 1.21. The van der Waals surface area contributed by atoms with E-state index in [-0.39, 0.29) is 23.9 Å². The van der Waals surface area contributed by atoms with E-state index in [4.69, 9.17) is 11.2 Å². The molecule has 2 heterocycles. The van der Waals surface area contributed by atoms with Crippen molar-refractivity contribution < 1.29 is 9.53 Å². The molecule has 0 aliphatic carbocycles. The van der Waals surface area contributed by atoms with E-state index in [0.29, 0.717) is 33.1 Å². The van der Waals surface area contributed by atoms with Crippen molar-refractivity contribution in [1.82, 2.24) is 9.55 Å². The van der Waals surface area contributed by atoms with Gasteiger partial charge in [-0.15, -0.1) is 17.8 Å². The molecule has 0 radical (unpaired) electrons. The van der Waals surface area contributed by atoms with Gasteiger partial charge in [0, 0.05) is 5.92 Å². The number of aromatic nitrogens is 2. The highest BCUT2D eigenvalue weighted by molar-refractivity contribution is 7.20. The van der Waals surface area contributed by atoms with Crippen molar-refractivity contribution in [2.24, 2.45) is 5.92 Å². The Balaban J connectivity index is 2.63. The first-order chi connectivity index (χ1) is 11.3. The van der Waals surface area contributed by atoms with E-state index in [1.54, 1.807) is 6.92 Å². The zero-order valence-electron chi connectivity index (χ0n) is 14.7. The summed E-state index contributed by atoms with van der Waals surface area (Å²) < 4.78 is 6.81. The van der Waals surface area contributed by atoms with Crippen LogP contribution in [0.4, 0.5) is 0 Å². The van der Waals surface area contributed by atoms with Crippen LogP contribution in [0.15, 0.2) is 4.79 Å². The van der Waals surface area contributed by atoms with Crippen LogP contribution >= 0.6 is 11.3 Å². The van der Waals surface area contributed by atoms with E-state index >= 15 is 0 Å². The minimum atomic E-state index is -0.404. The molecule has 128 valence electrons. The van der Waals surface area contributed by atoms with Gasteiger partial charge in [-0.1, -0.05) is 33.6 Å². The first-order valence-electron chi connectivity index (χ1n) is 7.92. The Kier molecular flexibility index (Phi) is 5.45. The zero-order chi connectivity index (χ0) is 18.0. The second-order valence-electron chi connectivity index (χ2n) is 6.45. The molecule has 0 aliphatic rings. The minimum Gasteiger partial charge on any atom is -0.461 e. The highest BCUT2D eigenvalue weighted by Gasteiger charge is 2.23. The quantitative estimate of drug-likeness (QED) is 0.615. The number of carbonyl (C=O) groups excluding carboxylic acids is 1. The van der Waals surface area contributed by atoms with Crippen molar-refractivity contribution in [2.45, 2.75) is 47.1 Å². The van der Waals surface area contributed by atoms with Gasteiger partial charge in [0.2, 0.25) is 0 Å². The van der Waals surface area contributed by atoms with E-state index in [9.17, 15) is 9.59 Å². The highest BCUT2D eigenvalue weighted by Crippen LogP contribution is 2.29. The molecule has 0 atom stereocenters. The average Bonchev–Trinajstić information content (AvgIpc) is 2.84. The summed E-state index contributed by atoms with van der Waals surface area (Å²) in [5, 5.41) is 0.455. The second kappa shape index (κ2) is 7.18. The fraction of sp³-hybridized carbons (Fsp3) is 0.500. The lowest BCUT2D eigenvalue weighted by molar-refractivity contribution is 0.0464. The Bertz CT molecular complexity index is 869. The Morgan fingerprint density at radius 3 is 2.58 bits per heavy atom. The maximum Gasteiger partial charge on any atom is 0.348 e. The Morgan fingerprint density at radius 1 is 1.38 bits per heavy atom. The number of ether oxygens (including phenoxy) is 1. The molecule has 0 saturated heterocycles. The van der Waals surface area contributed by atoms with Gasteiger partial charge >= 0.3 is 5.97 Å². The molecule has 0 bridgehead atoms. The first kappa shape index (κ1) is 18.2. The lowest BCUT2D eigenvalue weighted by Crippen LogP contribution is -2.25. The lowest BCUT2D eigenvalue weighted by Gasteiger charge is -2.12. The molecule has 24 heavy (non-hydrogen) atoms. The van der Waals surface area contributed by atoms with Gasteiger partial charge in [-0.05, 0) is 18.4 Å². The number of fused-ring (bicyclic) bond motifs is 1. The molecule has 2 aromatic rings. The summed E-state index contributed by atoms with van der Waals surface area (Å²) in [6.07, 6.45) is 5.39. The maximum atomic E-state index is 12.8. The summed E-state index contributed by atoms with van der Waals surface area (Å²) in [6, 6.07) is 0. The number of aryl methyl sites for hydroxylation is 1. The van der Waals surface area contributed by atoms with Crippen molar-refractivity contribution in [2.75, 3.05) is 6.61 Å². The molecule has 2 rings (SSSR count). The average molecular weight is 346 g/mol. The van der Waals surface area contributed by atoms with Gasteiger partial charge in [0.25, 0.3) is 5.56 Å². The number of esters is 1. The minimum absolute atomic E-state index is 0.0502. The first-order valence-corrected chi connectivity index (χ1v) is 8.74. The van der Waals surface area contributed by atoms with E-state index in [2.05, 4.69) is 10.9 Å². The van der Waals surface area contributed by atoms with Crippen LogP contribution in [0.3, 0.4) is 0 Å². The topological polar surface area (TPSA) is 61.2 Å². The van der Waals surface area contributed by atoms with Crippen molar-refractivity contribution in [3.8, 4) is 12.3 Å². The Hall–Kier alpha value is -2.13. The zero-order valence-corrected chi connectivity index (χ0v) is 15.5. The standard InChI is InChI=1S/C18H22N2O3S/c1-7-8-20-15(11(4)5)19-16-13(17(20)21)12(6)14(24-16)18(22)23-9-10(2)3/h1,10-11H,8-9H2,2-6H3. The molecule has 0 fully saturated rings. The van der Waals surface area contributed by atoms with Gasteiger partial charge in [-0.2, -0.15) is 0 Å². The summed E-state index contributed by atoms with van der Waals surface area (Å²) in [5.74, 6) is 3.03. The molecular formula is C18H22N2O3S. The Labute approximate surface area is 145 Å². The molecule has 5 nitrogen and oxygen atoms in total. The normalized spacial score (nSPS) is 11.2. The van der Waals surface area contributed by atoms with Crippen LogP contribution in [-0.4, -0.2) is 22.1 Å². The Morgan fingerprint density at radius 2 is 2.04 bits per heavy atom. The number of rotatable bonds is 5. The maximum absolute atomic E-state index is 12.8. The number of thiophene rings is 1. The third kappa shape index (κ3) is 3.36. The lowest BCUT2D eigenvalue weighted by atomic mass is 10.1. The van der Waals surface area contributed by atoms with Crippen molar-refractivity contribution >= 4 is 27.5 Å². The number of carbonyl (C=O) groups is 1. The third-order valence-corrected chi connectivity index (χ3v) is 4.74. The van der Waals surface area contributed by atoms with E-state index in [1.165, 1.54) is 15.9 Å². The third-order valence-electron chi connectivity index (χ3n) is 3.58.